The van der Waals surface area contributed by atoms with Gasteiger partial charge in [-0.05, 0) is 37.6 Å². The second-order valence-electron chi connectivity index (χ2n) is 4.99. The zero-order valence-electron chi connectivity index (χ0n) is 12.1. The minimum absolute atomic E-state index is 0.0263. The van der Waals surface area contributed by atoms with E-state index in [1.165, 1.54) is 0 Å². The fraction of sp³-hybridized carbons (Fsp3) is 0.467. The number of nitrogens with one attached hydrogen (secondary N) is 1. The van der Waals surface area contributed by atoms with E-state index >= 15 is 0 Å². The molecule has 1 atom stereocenters. The van der Waals surface area contributed by atoms with Crippen molar-refractivity contribution in [3.8, 4) is 5.75 Å². The smallest absolute Gasteiger partial charge is 0.325 e. The molecule has 1 N–H and O–H groups in total. The summed E-state index contributed by atoms with van der Waals surface area (Å²) in [5.74, 6) is -0.208. The van der Waals surface area contributed by atoms with E-state index in [4.69, 9.17) is 32.7 Å². The predicted octanol–water partition coefficient (Wildman–Crippen LogP) is 2.55. The molecule has 7 heteroatoms. The quantitative estimate of drug-likeness (QED) is 0.609. The van der Waals surface area contributed by atoms with Crippen LogP contribution in [0.4, 0.5) is 0 Å². The Hall–Kier alpha value is -1.46. The lowest BCUT2D eigenvalue weighted by molar-refractivity contribution is -0.142. The van der Waals surface area contributed by atoms with E-state index < -0.39 is 10.3 Å². The lowest BCUT2D eigenvalue weighted by atomic mass is 10.2. The molecule has 2 rings (SSSR count). The van der Waals surface area contributed by atoms with Gasteiger partial charge in [0.25, 0.3) is 5.91 Å². The molecule has 0 aromatic heterocycles. The van der Waals surface area contributed by atoms with E-state index in [0.29, 0.717) is 24.3 Å². The van der Waals surface area contributed by atoms with Crippen LogP contribution in [-0.2, 0) is 9.53 Å². The van der Waals surface area contributed by atoms with Gasteiger partial charge in [-0.2, -0.15) is 0 Å². The first-order valence-electron chi connectivity index (χ1n) is 6.97. The number of hydrogen-bond donors (Lipinski definition) is 1. The van der Waals surface area contributed by atoms with E-state index in [1.54, 1.807) is 24.3 Å². The van der Waals surface area contributed by atoms with Crippen LogP contribution in [0.1, 0.15) is 23.7 Å². The first kappa shape index (κ1) is 16.9. The van der Waals surface area contributed by atoms with Crippen LogP contribution in [0.2, 0.25) is 0 Å². The summed E-state index contributed by atoms with van der Waals surface area (Å²) in [7, 11) is 0. The van der Waals surface area contributed by atoms with Gasteiger partial charge in [0.1, 0.15) is 16.6 Å². The first-order chi connectivity index (χ1) is 10.4. The zero-order chi connectivity index (χ0) is 16.2. The average Bonchev–Trinajstić information content (AvgIpc) is 3.11. The van der Waals surface area contributed by atoms with Crippen LogP contribution in [-0.4, -0.2) is 36.0 Å². The molecule has 1 aliphatic carbocycles. The van der Waals surface area contributed by atoms with Gasteiger partial charge in [-0.1, -0.05) is 0 Å². The summed E-state index contributed by atoms with van der Waals surface area (Å²) in [5.41, 5.74) is 0.443. The van der Waals surface area contributed by atoms with Gasteiger partial charge in [0, 0.05) is 11.5 Å². The molecule has 1 amide bonds. The Balaban J connectivity index is 1.71. The molecule has 120 valence electrons. The van der Waals surface area contributed by atoms with Crippen molar-refractivity contribution < 1.29 is 19.1 Å². The van der Waals surface area contributed by atoms with Gasteiger partial charge < -0.3 is 14.8 Å². The molecule has 0 saturated heterocycles. The molecule has 0 unspecified atom stereocenters. The van der Waals surface area contributed by atoms with Crippen molar-refractivity contribution in [2.24, 2.45) is 5.92 Å². The van der Waals surface area contributed by atoms with Gasteiger partial charge in [-0.15, -0.1) is 23.2 Å². The normalized spacial score (nSPS) is 18.4. The highest BCUT2D eigenvalue weighted by atomic mass is 35.5. The van der Waals surface area contributed by atoms with Gasteiger partial charge in [0.2, 0.25) is 0 Å². The number of hydrogen-bond acceptors (Lipinski definition) is 4. The predicted molar refractivity (Wildman–Crippen MR) is 83.4 cm³/mol. The van der Waals surface area contributed by atoms with Crippen LogP contribution in [0.3, 0.4) is 0 Å². The molecule has 1 fully saturated rings. The largest absolute Gasteiger partial charge is 0.494 e. The molecule has 1 aromatic carbocycles. The Morgan fingerprint density at radius 2 is 1.95 bits per heavy atom. The lowest BCUT2D eigenvalue weighted by Crippen LogP contribution is -2.31. The summed E-state index contributed by atoms with van der Waals surface area (Å²) < 4.78 is 9.51. The Kier molecular flexibility index (Phi) is 5.53. The molecular weight excluding hydrogens is 329 g/mol. The second-order valence-corrected chi connectivity index (χ2v) is 6.53. The summed E-state index contributed by atoms with van der Waals surface area (Å²) in [6.45, 7) is 2.41. The van der Waals surface area contributed by atoms with E-state index in [2.05, 4.69) is 5.32 Å². The fourth-order valence-corrected chi connectivity index (χ4v) is 2.32. The number of carbonyl (C=O) groups is 2. The van der Waals surface area contributed by atoms with Gasteiger partial charge in [0.05, 0.1) is 13.2 Å². The van der Waals surface area contributed by atoms with E-state index in [9.17, 15) is 9.59 Å². The van der Waals surface area contributed by atoms with E-state index in [1.807, 2.05) is 6.92 Å². The molecular formula is C15H17Cl2NO4. The number of halogens is 2. The average molecular weight is 346 g/mol. The van der Waals surface area contributed by atoms with Crippen molar-refractivity contribution >= 4 is 35.1 Å². The van der Waals surface area contributed by atoms with Crippen molar-refractivity contribution in [2.75, 3.05) is 19.8 Å². The number of carbonyl (C=O) groups excluding carboxylic acids is 2. The van der Waals surface area contributed by atoms with Crippen LogP contribution < -0.4 is 10.1 Å². The summed E-state index contributed by atoms with van der Waals surface area (Å²) in [4.78, 5) is 23.4. The Morgan fingerprint density at radius 1 is 1.32 bits per heavy atom. The number of benzene rings is 1. The fourth-order valence-electron chi connectivity index (χ4n) is 1.82. The Bertz CT molecular complexity index is 545. The number of alkyl halides is 2. The molecule has 1 aliphatic rings. The molecule has 0 bridgehead atoms. The third-order valence-corrected chi connectivity index (χ3v) is 4.15. The monoisotopic (exact) mass is 345 g/mol. The Labute approximate surface area is 138 Å². The summed E-state index contributed by atoms with van der Waals surface area (Å²) >= 11 is 11.7. The molecule has 5 nitrogen and oxygen atoms in total. The molecule has 0 heterocycles. The molecule has 22 heavy (non-hydrogen) atoms. The van der Waals surface area contributed by atoms with E-state index in [0.717, 1.165) is 0 Å². The van der Waals surface area contributed by atoms with Crippen molar-refractivity contribution in [3.63, 3.8) is 0 Å². The summed E-state index contributed by atoms with van der Waals surface area (Å²) in [6, 6.07) is 6.66. The number of ether oxygens (including phenoxy) is 2. The minimum atomic E-state index is -0.772. The first-order valence-corrected chi connectivity index (χ1v) is 7.72. The molecule has 0 spiro atoms. The lowest BCUT2D eigenvalue weighted by Gasteiger charge is -2.07. The van der Waals surface area contributed by atoms with Crippen LogP contribution in [0.5, 0.6) is 5.75 Å². The zero-order valence-corrected chi connectivity index (χ0v) is 13.6. The highest BCUT2D eigenvalue weighted by Crippen LogP contribution is 2.53. The van der Waals surface area contributed by atoms with Crippen LogP contribution in [0.25, 0.3) is 0 Å². The highest BCUT2D eigenvalue weighted by molar-refractivity contribution is 6.50. The second kappa shape index (κ2) is 7.20. The Morgan fingerprint density at radius 3 is 2.50 bits per heavy atom. The van der Waals surface area contributed by atoms with Gasteiger partial charge in [-0.25, -0.2) is 0 Å². The standard InChI is InChI=1S/C15H17Cl2NO4/c1-2-21-12-5-3-10(4-6-12)14(20)18-8-13(19)22-9-11-7-15(11,16)17/h3-6,11H,2,7-9H2,1H3,(H,18,20)/t11-/m1/s1. The maximum Gasteiger partial charge on any atom is 0.325 e. The van der Waals surface area contributed by atoms with Crippen molar-refractivity contribution in [3.05, 3.63) is 29.8 Å². The van der Waals surface area contributed by atoms with Gasteiger partial charge >= 0.3 is 5.97 Å². The maximum atomic E-state index is 11.9. The summed E-state index contributed by atoms with van der Waals surface area (Å²) in [6.07, 6.45) is 0.613. The van der Waals surface area contributed by atoms with Gasteiger partial charge in [-0.3, -0.25) is 9.59 Å². The highest BCUT2D eigenvalue weighted by Gasteiger charge is 2.52. The van der Waals surface area contributed by atoms with Crippen molar-refractivity contribution in [2.45, 2.75) is 17.7 Å². The number of amides is 1. The third-order valence-electron chi connectivity index (χ3n) is 3.22. The minimum Gasteiger partial charge on any atom is -0.494 e. The van der Waals surface area contributed by atoms with Crippen molar-refractivity contribution in [1.82, 2.24) is 5.32 Å². The maximum absolute atomic E-state index is 11.9. The molecule has 0 aliphatic heterocycles. The third kappa shape index (κ3) is 4.78. The topological polar surface area (TPSA) is 64.6 Å². The SMILES string of the molecule is CCOc1ccc(C(=O)NCC(=O)OC[C@H]2CC2(Cl)Cl)cc1. The number of rotatable bonds is 7. The van der Waals surface area contributed by atoms with Crippen LogP contribution in [0.15, 0.2) is 24.3 Å². The molecule has 1 aromatic rings. The molecule has 1 saturated carbocycles. The summed E-state index contributed by atoms with van der Waals surface area (Å²) in [5, 5.41) is 2.49. The van der Waals surface area contributed by atoms with Crippen molar-refractivity contribution in [1.29, 1.82) is 0 Å². The van der Waals surface area contributed by atoms with Gasteiger partial charge in [0.15, 0.2) is 0 Å². The molecule has 0 radical (unpaired) electrons. The van der Waals surface area contributed by atoms with Crippen LogP contribution >= 0.6 is 23.2 Å². The van der Waals surface area contributed by atoms with Crippen LogP contribution in [0, 0.1) is 5.92 Å². The van der Waals surface area contributed by atoms with E-state index in [-0.39, 0.29) is 25.0 Å². The number of esters is 1.